The highest BCUT2D eigenvalue weighted by Gasteiger charge is 2.20. The molecule has 0 bridgehead atoms. The van der Waals surface area contributed by atoms with Crippen LogP contribution in [0.1, 0.15) is 32.3 Å². The van der Waals surface area contributed by atoms with Crippen molar-refractivity contribution in [2.45, 2.75) is 39.7 Å². The number of aryl methyl sites for hydroxylation is 1. The van der Waals surface area contributed by atoms with Crippen molar-refractivity contribution in [1.82, 2.24) is 30.4 Å². The number of tetrazole rings is 1. The van der Waals surface area contributed by atoms with Crippen LogP contribution in [0.25, 0.3) is 5.69 Å². The van der Waals surface area contributed by atoms with Gasteiger partial charge >= 0.3 is 6.03 Å². The summed E-state index contributed by atoms with van der Waals surface area (Å²) >= 11 is 0. The minimum atomic E-state index is -0.200. The molecule has 3 rings (SSSR count). The van der Waals surface area contributed by atoms with Crippen LogP contribution in [0.5, 0.6) is 0 Å². The standard InChI is InChI=1S/C18H27N7O/c1-13-6-8-24(9-7-13)15(3)11-19-18(26)21-16-5-4-14(2)17(10-16)25-12-20-22-23-25/h4-5,10,12-13,15H,6-9,11H2,1-3H3,(H2,19,21,26)/t15-/m1/s1. The van der Waals surface area contributed by atoms with Crippen molar-refractivity contribution in [3.05, 3.63) is 30.1 Å². The van der Waals surface area contributed by atoms with E-state index in [-0.39, 0.29) is 6.03 Å². The van der Waals surface area contributed by atoms with Crippen molar-refractivity contribution in [3.8, 4) is 5.69 Å². The van der Waals surface area contributed by atoms with E-state index in [0.717, 1.165) is 30.3 Å². The van der Waals surface area contributed by atoms with Crippen LogP contribution in [0, 0.1) is 12.8 Å². The SMILES string of the molecule is Cc1ccc(NC(=O)NC[C@@H](C)N2CCC(C)CC2)cc1-n1cnnn1. The van der Waals surface area contributed by atoms with Gasteiger partial charge in [-0.05, 0) is 73.8 Å². The van der Waals surface area contributed by atoms with Crippen LogP contribution in [0.2, 0.25) is 0 Å². The molecule has 1 aliphatic rings. The summed E-state index contributed by atoms with van der Waals surface area (Å²) in [5.74, 6) is 0.811. The summed E-state index contributed by atoms with van der Waals surface area (Å²) in [6, 6.07) is 5.81. The zero-order chi connectivity index (χ0) is 18.5. The maximum Gasteiger partial charge on any atom is 0.319 e. The quantitative estimate of drug-likeness (QED) is 0.857. The van der Waals surface area contributed by atoms with Gasteiger partial charge in [-0.1, -0.05) is 13.0 Å². The van der Waals surface area contributed by atoms with Gasteiger partial charge in [0.1, 0.15) is 6.33 Å². The van der Waals surface area contributed by atoms with Gasteiger partial charge in [-0.3, -0.25) is 4.90 Å². The van der Waals surface area contributed by atoms with Crippen LogP contribution in [-0.4, -0.2) is 56.8 Å². The predicted octanol–water partition coefficient (Wildman–Crippen LogP) is 2.21. The highest BCUT2D eigenvalue weighted by Crippen LogP contribution is 2.19. The molecule has 0 unspecified atom stereocenters. The number of urea groups is 1. The van der Waals surface area contributed by atoms with Crippen molar-refractivity contribution in [3.63, 3.8) is 0 Å². The maximum absolute atomic E-state index is 12.2. The number of carbonyl (C=O) groups excluding carboxylic acids is 1. The molecule has 0 aliphatic carbocycles. The molecule has 1 aromatic heterocycles. The molecule has 2 amide bonds. The number of piperidine rings is 1. The van der Waals surface area contributed by atoms with Crippen LogP contribution in [0.4, 0.5) is 10.5 Å². The second-order valence-corrected chi connectivity index (χ2v) is 7.16. The van der Waals surface area contributed by atoms with Crippen LogP contribution >= 0.6 is 0 Å². The lowest BCUT2D eigenvalue weighted by molar-refractivity contribution is 0.146. The van der Waals surface area contributed by atoms with E-state index in [2.05, 4.69) is 44.9 Å². The molecule has 1 atom stereocenters. The average molecular weight is 357 g/mol. The number of nitrogens with zero attached hydrogens (tertiary/aromatic N) is 5. The Balaban J connectivity index is 1.53. The van der Waals surface area contributed by atoms with E-state index in [1.54, 1.807) is 4.68 Å². The fraction of sp³-hybridized carbons (Fsp3) is 0.556. The first-order chi connectivity index (χ1) is 12.5. The van der Waals surface area contributed by atoms with E-state index in [9.17, 15) is 4.79 Å². The Morgan fingerprint density at radius 2 is 2.12 bits per heavy atom. The van der Waals surface area contributed by atoms with Crippen molar-refractivity contribution < 1.29 is 4.79 Å². The number of aromatic nitrogens is 4. The van der Waals surface area contributed by atoms with Gasteiger partial charge in [0.25, 0.3) is 0 Å². The molecule has 1 saturated heterocycles. The Bertz CT molecular complexity index is 723. The molecular formula is C18H27N7O. The predicted molar refractivity (Wildman–Crippen MR) is 100 cm³/mol. The summed E-state index contributed by atoms with van der Waals surface area (Å²) in [7, 11) is 0. The van der Waals surface area contributed by atoms with Gasteiger partial charge in [-0.2, -0.15) is 0 Å². The summed E-state index contributed by atoms with van der Waals surface area (Å²) in [6.45, 7) is 9.29. The number of hydrogen-bond donors (Lipinski definition) is 2. The first kappa shape index (κ1) is 18.3. The summed E-state index contributed by atoms with van der Waals surface area (Å²) in [5.41, 5.74) is 2.57. The lowest BCUT2D eigenvalue weighted by Gasteiger charge is -2.34. The number of hydrogen-bond acceptors (Lipinski definition) is 5. The highest BCUT2D eigenvalue weighted by atomic mass is 16.2. The molecule has 8 nitrogen and oxygen atoms in total. The van der Waals surface area contributed by atoms with E-state index in [0.29, 0.717) is 18.3 Å². The molecule has 2 heterocycles. The number of likely N-dealkylation sites (tertiary alicyclic amines) is 1. The third kappa shape index (κ3) is 4.57. The molecular weight excluding hydrogens is 330 g/mol. The minimum absolute atomic E-state index is 0.200. The molecule has 0 spiro atoms. The summed E-state index contributed by atoms with van der Waals surface area (Å²) in [5, 5.41) is 17.1. The smallest absolute Gasteiger partial charge is 0.319 e. The molecule has 1 aromatic carbocycles. The zero-order valence-corrected chi connectivity index (χ0v) is 15.6. The lowest BCUT2D eigenvalue weighted by atomic mass is 9.98. The summed E-state index contributed by atoms with van der Waals surface area (Å²) in [6.07, 6.45) is 4.01. The molecule has 0 radical (unpaired) electrons. The molecule has 0 saturated carbocycles. The zero-order valence-electron chi connectivity index (χ0n) is 15.6. The van der Waals surface area contributed by atoms with E-state index in [1.165, 1.54) is 19.2 Å². The van der Waals surface area contributed by atoms with Crippen LogP contribution in [0.3, 0.4) is 0 Å². The topological polar surface area (TPSA) is 88.0 Å². The second kappa shape index (κ2) is 8.27. The van der Waals surface area contributed by atoms with Gasteiger partial charge in [0.15, 0.2) is 0 Å². The first-order valence-corrected chi connectivity index (χ1v) is 9.16. The van der Waals surface area contributed by atoms with E-state index < -0.39 is 0 Å². The van der Waals surface area contributed by atoms with Gasteiger partial charge in [0.2, 0.25) is 0 Å². The number of anilines is 1. The van der Waals surface area contributed by atoms with Crippen molar-refractivity contribution in [1.29, 1.82) is 0 Å². The maximum atomic E-state index is 12.2. The molecule has 2 aromatic rings. The number of carbonyl (C=O) groups is 1. The van der Waals surface area contributed by atoms with Crippen LogP contribution in [0.15, 0.2) is 24.5 Å². The number of nitrogens with one attached hydrogen (secondary N) is 2. The second-order valence-electron chi connectivity index (χ2n) is 7.16. The Kier molecular flexibility index (Phi) is 5.82. The molecule has 8 heteroatoms. The van der Waals surface area contributed by atoms with Gasteiger partial charge in [0.05, 0.1) is 5.69 Å². The van der Waals surface area contributed by atoms with Gasteiger partial charge in [-0.25, -0.2) is 9.48 Å². The fourth-order valence-corrected chi connectivity index (χ4v) is 3.22. The van der Waals surface area contributed by atoms with Crippen molar-refractivity contribution >= 4 is 11.7 Å². The minimum Gasteiger partial charge on any atom is -0.336 e. The van der Waals surface area contributed by atoms with Gasteiger partial charge in [0, 0.05) is 18.3 Å². The largest absolute Gasteiger partial charge is 0.336 e. The van der Waals surface area contributed by atoms with Gasteiger partial charge in [-0.15, -0.1) is 5.10 Å². The number of amides is 2. The highest BCUT2D eigenvalue weighted by molar-refractivity contribution is 5.89. The fourth-order valence-electron chi connectivity index (χ4n) is 3.22. The Labute approximate surface area is 154 Å². The third-order valence-electron chi connectivity index (χ3n) is 5.06. The third-order valence-corrected chi connectivity index (χ3v) is 5.06. The molecule has 1 fully saturated rings. The summed E-state index contributed by atoms with van der Waals surface area (Å²) < 4.78 is 1.58. The van der Waals surface area contributed by atoms with Crippen molar-refractivity contribution in [2.24, 2.45) is 5.92 Å². The first-order valence-electron chi connectivity index (χ1n) is 9.16. The lowest BCUT2D eigenvalue weighted by Crippen LogP contribution is -2.46. The molecule has 2 N–H and O–H groups in total. The van der Waals surface area contributed by atoms with Crippen molar-refractivity contribution in [2.75, 3.05) is 25.0 Å². The van der Waals surface area contributed by atoms with Crippen LogP contribution < -0.4 is 10.6 Å². The summed E-state index contributed by atoms with van der Waals surface area (Å²) in [4.78, 5) is 14.7. The van der Waals surface area contributed by atoms with E-state index >= 15 is 0 Å². The van der Waals surface area contributed by atoms with Gasteiger partial charge < -0.3 is 10.6 Å². The molecule has 140 valence electrons. The molecule has 26 heavy (non-hydrogen) atoms. The number of benzene rings is 1. The number of rotatable bonds is 5. The Morgan fingerprint density at radius 1 is 1.35 bits per heavy atom. The molecule has 1 aliphatic heterocycles. The van der Waals surface area contributed by atoms with Crippen LogP contribution in [-0.2, 0) is 0 Å². The van der Waals surface area contributed by atoms with E-state index in [4.69, 9.17) is 0 Å². The Morgan fingerprint density at radius 3 is 2.81 bits per heavy atom. The monoisotopic (exact) mass is 357 g/mol. The Hall–Kier alpha value is -2.48. The van der Waals surface area contributed by atoms with E-state index in [1.807, 2.05) is 25.1 Å². The average Bonchev–Trinajstić information content (AvgIpc) is 3.16. The normalized spacial score (nSPS) is 17.0.